The Labute approximate surface area is 584 Å². The molecule has 1 amide bonds. The van der Waals surface area contributed by atoms with Crippen LogP contribution in [0, 0.1) is 0 Å². The number of hydrogen-bond acceptors (Lipinski definition) is 5. The normalized spacial score (nSPS) is 12.4. The molecule has 0 aromatic carbocycles. The molecule has 6 nitrogen and oxygen atoms in total. The number of amides is 1. The molecule has 0 aromatic heterocycles. The zero-order valence-corrected chi connectivity index (χ0v) is 63.8. The fourth-order valence-electron chi connectivity index (χ4n) is 14.2. The van der Waals surface area contributed by atoms with Gasteiger partial charge in [0, 0.05) is 12.8 Å². The predicted octanol–water partition coefficient (Wildman–Crippen LogP) is 29.0. The van der Waals surface area contributed by atoms with Gasteiger partial charge in [-0.2, -0.15) is 0 Å². The monoisotopic (exact) mass is 1310 g/mol. The molecule has 0 aliphatic carbocycles. The number of esters is 1. The van der Waals surface area contributed by atoms with E-state index >= 15 is 0 Å². The van der Waals surface area contributed by atoms with Crippen LogP contribution in [0.15, 0.2) is 12.2 Å². The molecule has 554 valence electrons. The van der Waals surface area contributed by atoms with Crippen molar-refractivity contribution in [2.24, 2.45) is 0 Å². The summed E-state index contributed by atoms with van der Waals surface area (Å²) in [6, 6.07) is -0.623. The van der Waals surface area contributed by atoms with Crippen LogP contribution < -0.4 is 5.32 Å². The average molecular weight is 1310 g/mol. The minimum absolute atomic E-state index is 0.0301. The van der Waals surface area contributed by atoms with Gasteiger partial charge in [-0.1, -0.05) is 475 Å². The van der Waals surface area contributed by atoms with Crippen LogP contribution in [0.25, 0.3) is 0 Å². The summed E-state index contributed by atoms with van der Waals surface area (Å²) >= 11 is 0. The van der Waals surface area contributed by atoms with E-state index in [2.05, 4.69) is 19.2 Å². The van der Waals surface area contributed by atoms with Gasteiger partial charge in [-0.05, 0) is 32.1 Å². The maximum absolute atomic E-state index is 12.5. The maximum Gasteiger partial charge on any atom is 0.305 e. The minimum Gasteiger partial charge on any atom is -0.466 e. The molecule has 0 aliphatic heterocycles. The van der Waals surface area contributed by atoms with Crippen molar-refractivity contribution in [2.75, 3.05) is 13.2 Å². The second-order valence-corrected chi connectivity index (χ2v) is 30.2. The van der Waals surface area contributed by atoms with E-state index in [4.69, 9.17) is 4.74 Å². The average Bonchev–Trinajstić information content (AvgIpc) is 3.78. The quantitative estimate of drug-likeness (QED) is 0.0320. The molecule has 0 fully saturated rings. The van der Waals surface area contributed by atoms with E-state index in [0.29, 0.717) is 19.4 Å². The topological polar surface area (TPSA) is 95.9 Å². The van der Waals surface area contributed by atoms with Crippen LogP contribution in [0.5, 0.6) is 0 Å². The lowest BCUT2D eigenvalue weighted by molar-refractivity contribution is -0.143. The van der Waals surface area contributed by atoms with Gasteiger partial charge in [0.25, 0.3) is 0 Å². The van der Waals surface area contributed by atoms with Crippen LogP contribution in [-0.2, 0) is 14.3 Å². The van der Waals surface area contributed by atoms with Crippen LogP contribution in [0.1, 0.15) is 508 Å². The van der Waals surface area contributed by atoms with Crippen LogP contribution in [-0.4, -0.2) is 47.4 Å². The summed E-state index contributed by atoms with van der Waals surface area (Å²) in [5.74, 6) is -0.0269. The lowest BCUT2D eigenvalue weighted by Crippen LogP contribution is -2.45. The molecule has 0 radical (unpaired) electrons. The van der Waals surface area contributed by atoms with Gasteiger partial charge in [0.1, 0.15) is 0 Å². The summed E-state index contributed by atoms with van der Waals surface area (Å²) in [6.45, 7) is 4.97. The first-order valence-electron chi connectivity index (χ1n) is 43.5. The number of hydrogen-bond donors (Lipinski definition) is 3. The third-order valence-corrected chi connectivity index (χ3v) is 20.8. The van der Waals surface area contributed by atoms with Gasteiger partial charge < -0.3 is 20.3 Å². The second-order valence-electron chi connectivity index (χ2n) is 30.2. The summed E-state index contributed by atoms with van der Waals surface area (Å²) in [5, 5.41) is 23.3. The number of aliphatic hydroxyl groups is 2. The molecule has 0 saturated heterocycles. The summed E-state index contributed by atoms with van der Waals surface area (Å²) in [7, 11) is 0. The molecule has 0 spiro atoms. The van der Waals surface area contributed by atoms with Gasteiger partial charge >= 0.3 is 5.97 Å². The number of nitrogens with one attached hydrogen (secondary N) is 1. The molecular formula is C87H171NO5. The van der Waals surface area contributed by atoms with E-state index in [1.165, 1.54) is 443 Å². The van der Waals surface area contributed by atoms with Crippen LogP contribution >= 0.6 is 0 Å². The smallest absolute Gasteiger partial charge is 0.305 e. The van der Waals surface area contributed by atoms with E-state index in [1.54, 1.807) is 6.08 Å². The van der Waals surface area contributed by atoms with Crippen molar-refractivity contribution in [3.8, 4) is 0 Å². The van der Waals surface area contributed by atoms with Crippen molar-refractivity contribution in [1.82, 2.24) is 5.32 Å². The Morgan fingerprint density at radius 1 is 0.290 bits per heavy atom. The standard InChI is InChI=1S/C87H171NO5/c1-3-5-7-9-11-13-15-17-19-21-44-49-53-57-61-65-69-73-77-81-87(92)93-82-78-74-70-66-62-58-54-50-46-43-41-39-37-35-33-31-29-27-25-23-24-26-28-30-32-34-36-38-40-42-45-48-52-56-60-64-68-72-76-80-86(91)88-84(83-89)85(90)79-75-71-67-63-59-55-51-47-22-20-18-16-14-12-10-8-6-4-2/h75,79,84-85,89-90H,3-74,76-78,80-83H2,1-2H3,(H,88,91)/b79-75+. The molecule has 93 heavy (non-hydrogen) atoms. The third-order valence-electron chi connectivity index (χ3n) is 20.8. The number of ether oxygens (including phenoxy) is 1. The third kappa shape index (κ3) is 79.5. The van der Waals surface area contributed by atoms with Gasteiger partial charge in [-0.25, -0.2) is 0 Å². The highest BCUT2D eigenvalue weighted by Gasteiger charge is 2.18. The number of rotatable bonds is 83. The molecule has 2 atom stereocenters. The number of aliphatic hydroxyl groups excluding tert-OH is 2. The molecule has 0 aromatic rings. The number of unbranched alkanes of at least 4 members (excludes halogenated alkanes) is 72. The van der Waals surface area contributed by atoms with E-state index in [9.17, 15) is 19.8 Å². The Hall–Kier alpha value is -1.40. The second kappa shape index (κ2) is 83.0. The highest BCUT2D eigenvalue weighted by molar-refractivity contribution is 5.76. The summed E-state index contributed by atoms with van der Waals surface area (Å²) in [4.78, 5) is 24.7. The zero-order valence-electron chi connectivity index (χ0n) is 63.8. The first-order valence-corrected chi connectivity index (χ1v) is 43.5. The van der Waals surface area contributed by atoms with Gasteiger partial charge in [0.05, 0.1) is 25.4 Å². The molecule has 0 bridgehead atoms. The van der Waals surface area contributed by atoms with Crippen molar-refractivity contribution in [3.05, 3.63) is 12.2 Å². The molecule has 0 rings (SSSR count). The largest absolute Gasteiger partial charge is 0.466 e. The Balaban J connectivity index is 3.29. The van der Waals surface area contributed by atoms with Crippen molar-refractivity contribution in [3.63, 3.8) is 0 Å². The van der Waals surface area contributed by atoms with E-state index in [1.807, 2.05) is 6.08 Å². The molecule has 0 heterocycles. The Kier molecular flexibility index (Phi) is 81.8. The van der Waals surface area contributed by atoms with Crippen molar-refractivity contribution >= 4 is 11.9 Å². The van der Waals surface area contributed by atoms with E-state index < -0.39 is 12.1 Å². The predicted molar refractivity (Wildman–Crippen MR) is 412 cm³/mol. The lowest BCUT2D eigenvalue weighted by atomic mass is 10.0. The van der Waals surface area contributed by atoms with Gasteiger partial charge in [-0.3, -0.25) is 9.59 Å². The Morgan fingerprint density at radius 2 is 0.495 bits per heavy atom. The fraction of sp³-hybridized carbons (Fsp3) is 0.954. The summed E-state index contributed by atoms with van der Waals surface area (Å²) in [6.07, 6.45) is 107. The van der Waals surface area contributed by atoms with Crippen molar-refractivity contribution in [1.29, 1.82) is 0 Å². The molecule has 6 heteroatoms. The Morgan fingerprint density at radius 3 is 0.731 bits per heavy atom. The number of carbonyl (C=O) groups excluding carboxylic acids is 2. The SMILES string of the molecule is CCCCCCCCCCCCCCCCCC/C=C/C(O)C(CO)NC(=O)CCCCCCCCCCCCCCCCCCCCCCCCCCCCCCCCCCCCCCCCCOC(=O)CCCCCCCCCCCCCCCCCCCCC. The fourth-order valence-corrected chi connectivity index (χ4v) is 14.2. The summed E-state index contributed by atoms with van der Waals surface area (Å²) in [5.41, 5.74) is 0. The Bertz CT molecular complexity index is 1420. The molecule has 0 saturated carbocycles. The molecule has 0 aliphatic rings. The molecular weight excluding hydrogens is 1140 g/mol. The number of allylic oxidation sites excluding steroid dienone is 1. The maximum atomic E-state index is 12.5. The van der Waals surface area contributed by atoms with Crippen molar-refractivity contribution < 1.29 is 24.5 Å². The van der Waals surface area contributed by atoms with Gasteiger partial charge in [0.2, 0.25) is 5.91 Å². The zero-order chi connectivity index (χ0) is 67.0. The lowest BCUT2D eigenvalue weighted by Gasteiger charge is -2.20. The van der Waals surface area contributed by atoms with Crippen LogP contribution in [0.3, 0.4) is 0 Å². The van der Waals surface area contributed by atoms with E-state index in [-0.39, 0.29) is 18.5 Å². The van der Waals surface area contributed by atoms with Crippen molar-refractivity contribution in [2.45, 2.75) is 520 Å². The molecule has 3 N–H and O–H groups in total. The van der Waals surface area contributed by atoms with Crippen LogP contribution in [0.4, 0.5) is 0 Å². The first-order chi connectivity index (χ1) is 46.0. The minimum atomic E-state index is -0.840. The van der Waals surface area contributed by atoms with Gasteiger partial charge in [-0.15, -0.1) is 0 Å². The highest BCUT2D eigenvalue weighted by Crippen LogP contribution is 2.21. The van der Waals surface area contributed by atoms with Gasteiger partial charge in [0.15, 0.2) is 0 Å². The number of carbonyl (C=O) groups is 2. The van der Waals surface area contributed by atoms with E-state index in [0.717, 1.165) is 38.5 Å². The molecule has 2 unspecified atom stereocenters. The first kappa shape index (κ1) is 91.6. The van der Waals surface area contributed by atoms with Crippen LogP contribution in [0.2, 0.25) is 0 Å². The highest BCUT2D eigenvalue weighted by atomic mass is 16.5. The summed E-state index contributed by atoms with van der Waals surface area (Å²) < 4.78 is 5.53.